The first-order valence-corrected chi connectivity index (χ1v) is 8.08. The van der Waals surface area contributed by atoms with Gasteiger partial charge in [-0.15, -0.1) is 0 Å². The molecule has 1 aromatic heterocycles. The molecule has 4 nitrogen and oxygen atoms in total. The number of aromatic nitrogens is 2. The number of ether oxygens (including phenoxy) is 1. The van der Waals surface area contributed by atoms with Crippen LogP contribution < -0.4 is 0 Å². The van der Waals surface area contributed by atoms with Crippen molar-refractivity contribution in [3.63, 3.8) is 0 Å². The number of hydrogen-bond donors (Lipinski definition) is 1. The SMILES string of the molecule is CN(Cc1ccc2ccccc2c1)Cc1n[nH]c2c1COCC2. The molecule has 0 bridgehead atoms. The predicted molar refractivity (Wildman–Crippen MR) is 91.1 cm³/mol. The summed E-state index contributed by atoms with van der Waals surface area (Å²) in [5.74, 6) is 0. The second-order valence-corrected chi connectivity index (χ2v) is 6.28. The lowest BCUT2D eigenvalue weighted by Gasteiger charge is -2.18. The highest BCUT2D eigenvalue weighted by molar-refractivity contribution is 5.82. The Balaban J connectivity index is 1.48. The molecule has 0 saturated carbocycles. The third kappa shape index (κ3) is 3.00. The molecule has 0 fully saturated rings. The fourth-order valence-electron chi connectivity index (χ4n) is 3.26. The number of benzene rings is 2. The minimum Gasteiger partial charge on any atom is -0.376 e. The van der Waals surface area contributed by atoms with Crippen molar-refractivity contribution in [2.24, 2.45) is 0 Å². The quantitative estimate of drug-likeness (QED) is 0.804. The monoisotopic (exact) mass is 307 g/mol. The van der Waals surface area contributed by atoms with Crippen LogP contribution in [0.25, 0.3) is 10.8 Å². The minimum absolute atomic E-state index is 0.685. The summed E-state index contributed by atoms with van der Waals surface area (Å²) < 4.78 is 5.56. The highest BCUT2D eigenvalue weighted by Gasteiger charge is 2.18. The standard InChI is InChI=1S/C19H21N3O/c1-22(12-19-17-13-23-9-8-18(17)20-21-19)11-14-6-7-15-4-2-3-5-16(15)10-14/h2-7,10H,8-9,11-13H2,1H3,(H,20,21). The Labute approximate surface area is 136 Å². The van der Waals surface area contributed by atoms with Gasteiger partial charge in [0.15, 0.2) is 0 Å². The zero-order chi connectivity index (χ0) is 15.6. The molecular formula is C19H21N3O. The highest BCUT2D eigenvalue weighted by atomic mass is 16.5. The average molecular weight is 307 g/mol. The Hall–Kier alpha value is -2.17. The second-order valence-electron chi connectivity index (χ2n) is 6.28. The molecule has 0 amide bonds. The van der Waals surface area contributed by atoms with Crippen molar-refractivity contribution in [2.45, 2.75) is 26.1 Å². The van der Waals surface area contributed by atoms with E-state index in [1.807, 2.05) is 0 Å². The predicted octanol–water partition coefficient (Wildman–Crippen LogP) is 3.27. The van der Waals surface area contributed by atoms with Gasteiger partial charge in [0.2, 0.25) is 0 Å². The van der Waals surface area contributed by atoms with E-state index in [9.17, 15) is 0 Å². The summed E-state index contributed by atoms with van der Waals surface area (Å²) in [6, 6.07) is 15.2. The summed E-state index contributed by atoms with van der Waals surface area (Å²) in [6.45, 7) is 3.22. The fraction of sp³-hybridized carbons (Fsp3) is 0.316. The van der Waals surface area contributed by atoms with Gasteiger partial charge in [-0.1, -0.05) is 36.4 Å². The maximum absolute atomic E-state index is 5.56. The summed E-state index contributed by atoms with van der Waals surface area (Å²) in [7, 11) is 2.14. The van der Waals surface area contributed by atoms with Gasteiger partial charge in [-0.2, -0.15) is 5.10 Å². The number of nitrogens with one attached hydrogen (secondary N) is 1. The zero-order valence-corrected chi connectivity index (χ0v) is 13.4. The molecule has 1 aliphatic heterocycles. The molecule has 0 saturated heterocycles. The number of aromatic amines is 1. The van der Waals surface area contributed by atoms with Crippen molar-refractivity contribution in [2.75, 3.05) is 13.7 Å². The van der Waals surface area contributed by atoms with Gasteiger partial charge in [-0.3, -0.25) is 10.00 Å². The van der Waals surface area contributed by atoms with Crippen LogP contribution in [0.4, 0.5) is 0 Å². The number of hydrogen-bond acceptors (Lipinski definition) is 3. The van der Waals surface area contributed by atoms with Gasteiger partial charge < -0.3 is 4.74 Å². The molecule has 3 aromatic rings. The van der Waals surface area contributed by atoms with Crippen LogP contribution in [0.3, 0.4) is 0 Å². The Morgan fingerprint density at radius 3 is 2.91 bits per heavy atom. The molecule has 118 valence electrons. The highest BCUT2D eigenvalue weighted by Crippen LogP contribution is 2.21. The van der Waals surface area contributed by atoms with Crippen LogP contribution in [0.1, 0.15) is 22.5 Å². The van der Waals surface area contributed by atoms with Crippen LogP contribution in [-0.4, -0.2) is 28.8 Å². The van der Waals surface area contributed by atoms with Gasteiger partial charge in [0.1, 0.15) is 0 Å². The first-order valence-electron chi connectivity index (χ1n) is 8.08. The molecule has 0 spiro atoms. The fourth-order valence-corrected chi connectivity index (χ4v) is 3.26. The second kappa shape index (κ2) is 6.14. The van der Waals surface area contributed by atoms with Crippen molar-refractivity contribution >= 4 is 10.8 Å². The summed E-state index contributed by atoms with van der Waals surface area (Å²) in [4.78, 5) is 2.30. The van der Waals surface area contributed by atoms with Gasteiger partial charge in [-0.25, -0.2) is 0 Å². The van der Waals surface area contributed by atoms with Gasteiger partial charge in [0.05, 0.1) is 18.9 Å². The molecular weight excluding hydrogens is 286 g/mol. The van der Waals surface area contributed by atoms with E-state index in [1.165, 1.54) is 27.6 Å². The lowest BCUT2D eigenvalue weighted by molar-refractivity contribution is 0.109. The van der Waals surface area contributed by atoms with Gasteiger partial charge in [0.25, 0.3) is 0 Å². The molecule has 1 N–H and O–H groups in total. The van der Waals surface area contributed by atoms with Crippen LogP contribution in [-0.2, 0) is 30.9 Å². The van der Waals surface area contributed by atoms with Crippen molar-refractivity contribution in [1.82, 2.24) is 15.1 Å². The van der Waals surface area contributed by atoms with E-state index in [0.717, 1.165) is 31.8 Å². The van der Waals surface area contributed by atoms with Gasteiger partial charge in [-0.05, 0) is 29.4 Å². The molecule has 0 unspecified atom stereocenters. The van der Waals surface area contributed by atoms with Crippen LogP contribution >= 0.6 is 0 Å². The maximum atomic E-state index is 5.56. The van der Waals surface area contributed by atoms with Gasteiger partial charge >= 0.3 is 0 Å². The normalized spacial score (nSPS) is 14.3. The van der Waals surface area contributed by atoms with E-state index in [1.54, 1.807) is 0 Å². The summed E-state index contributed by atoms with van der Waals surface area (Å²) in [5, 5.41) is 10.2. The molecule has 23 heavy (non-hydrogen) atoms. The van der Waals surface area contributed by atoms with E-state index in [2.05, 4.69) is 64.6 Å². The van der Waals surface area contributed by atoms with E-state index in [0.29, 0.717) is 6.61 Å². The molecule has 0 atom stereocenters. The Kier molecular flexibility index (Phi) is 3.85. The minimum atomic E-state index is 0.685. The Bertz CT molecular complexity index is 824. The summed E-state index contributed by atoms with van der Waals surface area (Å²) >= 11 is 0. The molecule has 1 aliphatic rings. The number of rotatable bonds is 4. The number of H-pyrrole nitrogens is 1. The summed E-state index contributed by atoms with van der Waals surface area (Å²) in [5.41, 5.74) is 4.93. The van der Waals surface area contributed by atoms with E-state index < -0.39 is 0 Å². The molecule has 4 rings (SSSR count). The lowest BCUT2D eigenvalue weighted by Crippen LogP contribution is -2.19. The van der Waals surface area contributed by atoms with Crippen molar-refractivity contribution in [1.29, 1.82) is 0 Å². The largest absolute Gasteiger partial charge is 0.376 e. The molecule has 4 heteroatoms. The number of nitrogens with zero attached hydrogens (tertiary/aromatic N) is 2. The maximum Gasteiger partial charge on any atom is 0.0820 e. The topological polar surface area (TPSA) is 41.2 Å². The summed E-state index contributed by atoms with van der Waals surface area (Å²) in [6.07, 6.45) is 0.941. The smallest absolute Gasteiger partial charge is 0.0820 e. The Morgan fingerprint density at radius 2 is 2.00 bits per heavy atom. The first-order chi connectivity index (χ1) is 11.3. The van der Waals surface area contributed by atoms with E-state index in [4.69, 9.17) is 4.74 Å². The van der Waals surface area contributed by atoms with Gasteiger partial charge in [0, 0.05) is 30.8 Å². The third-order valence-corrected chi connectivity index (χ3v) is 4.47. The van der Waals surface area contributed by atoms with Crippen LogP contribution in [0.2, 0.25) is 0 Å². The number of fused-ring (bicyclic) bond motifs is 2. The van der Waals surface area contributed by atoms with Crippen LogP contribution in [0.5, 0.6) is 0 Å². The molecule has 2 aromatic carbocycles. The molecule has 0 aliphatic carbocycles. The zero-order valence-electron chi connectivity index (χ0n) is 13.4. The first kappa shape index (κ1) is 14.4. The van der Waals surface area contributed by atoms with Crippen molar-refractivity contribution < 1.29 is 4.74 Å². The van der Waals surface area contributed by atoms with Crippen LogP contribution in [0, 0.1) is 0 Å². The average Bonchev–Trinajstić information content (AvgIpc) is 2.98. The van der Waals surface area contributed by atoms with E-state index in [-0.39, 0.29) is 0 Å². The van der Waals surface area contributed by atoms with Crippen molar-refractivity contribution in [3.8, 4) is 0 Å². The van der Waals surface area contributed by atoms with Crippen molar-refractivity contribution in [3.05, 3.63) is 65.0 Å². The lowest BCUT2D eigenvalue weighted by atomic mass is 10.1. The Morgan fingerprint density at radius 1 is 1.13 bits per heavy atom. The molecule has 0 radical (unpaired) electrons. The van der Waals surface area contributed by atoms with Crippen LogP contribution in [0.15, 0.2) is 42.5 Å². The third-order valence-electron chi connectivity index (χ3n) is 4.47. The molecule has 2 heterocycles. The van der Waals surface area contributed by atoms with E-state index >= 15 is 0 Å².